The van der Waals surface area contributed by atoms with Crippen molar-refractivity contribution in [3.8, 4) is 0 Å². The molecule has 0 amide bonds. The number of rotatable bonds is 5. The maximum Gasteiger partial charge on any atom is 0.215 e. The average Bonchev–Trinajstić information content (AvgIpc) is 1.88. The van der Waals surface area contributed by atoms with Gasteiger partial charge in [-0.1, -0.05) is 6.08 Å². The van der Waals surface area contributed by atoms with Gasteiger partial charge in [0.2, 0.25) is 9.04 Å². The number of allylic oxidation sites excluding steroid dienone is 1. The van der Waals surface area contributed by atoms with Gasteiger partial charge in [0, 0.05) is 7.11 Å². The highest BCUT2D eigenvalue weighted by Crippen LogP contribution is 1.99. The van der Waals surface area contributed by atoms with E-state index in [0.717, 1.165) is 6.04 Å². The van der Waals surface area contributed by atoms with Crippen molar-refractivity contribution in [2.24, 2.45) is 0 Å². The lowest BCUT2D eigenvalue weighted by Crippen LogP contribution is -2.21. The molecule has 1 unspecified atom stereocenters. The predicted molar refractivity (Wildman–Crippen MR) is 44.2 cm³/mol. The van der Waals surface area contributed by atoms with Crippen molar-refractivity contribution in [2.75, 3.05) is 7.11 Å². The van der Waals surface area contributed by atoms with Crippen LogP contribution in [0.5, 0.6) is 0 Å². The van der Waals surface area contributed by atoms with Gasteiger partial charge in [-0.25, -0.2) is 0 Å². The summed E-state index contributed by atoms with van der Waals surface area (Å²) in [6.07, 6.45) is 1.82. The van der Waals surface area contributed by atoms with Crippen LogP contribution in [0.4, 0.5) is 0 Å². The fourth-order valence-corrected chi connectivity index (χ4v) is 1.75. The van der Waals surface area contributed by atoms with E-state index >= 15 is 0 Å². The Kier molecular flexibility index (Phi) is 5.58. The highest BCUT2D eigenvalue weighted by molar-refractivity contribution is 6.50. The standard InChI is InChI=1S/C7H15O2Si/c1-5-6-10(4)9-7(2)8-3/h5,7H,1,6H2,2-4H3. The zero-order valence-corrected chi connectivity index (χ0v) is 7.89. The van der Waals surface area contributed by atoms with Crippen LogP contribution in [0.2, 0.25) is 12.6 Å². The van der Waals surface area contributed by atoms with Gasteiger partial charge < -0.3 is 9.16 Å². The Morgan fingerprint density at radius 3 is 2.70 bits per heavy atom. The summed E-state index contributed by atoms with van der Waals surface area (Å²) in [6, 6.07) is 0.971. The summed E-state index contributed by atoms with van der Waals surface area (Å²) in [5.41, 5.74) is 0. The first-order valence-corrected chi connectivity index (χ1v) is 5.45. The molecule has 3 heteroatoms. The Hall–Kier alpha value is -0.123. The van der Waals surface area contributed by atoms with Gasteiger partial charge in [0.05, 0.1) is 0 Å². The van der Waals surface area contributed by atoms with E-state index in [1.54, 1.807) is 7.11 Å². The molecule has 10 heavy (non-hydrogen) atoms. The fourth-order valence-electron chi connectivity index (χ4n) is 0.583. The van der Waals surface area contributed by atoms with Gasteiger partial charge in [-0.15, -0.1) is 6.58 Å². The maximum atomic E-state index is 5.45. The Bertz CT molecular complexity index is 95.6. The summed E-state index contributed by atoms with van der Waals surface area (Å²) in [5.74, 6) is 0. The Morgan fingerprint density at radius 2 is 2.30 bits per heavy atom. The Labute approximate surface area is 64.6 Å². The molecule has 1 radical (unpaired) electrons. The van der Waals surface area contributed by atoms with E-state index in [4.69, 9.17) is 9.16 Å². The molecule has 0 saturated heterocycles. The minimum atomic E-state index is -0.695. The smallest absolute Gasteiger partial charge is 0.215 e. The molecule has 0 heterocycles. The van der Waals surface area contributed by atoms with E-state index in [1.807, 2.05) is 13.0 Å². The van der Waals surface area contributed by atoms with Crippen LogP contribution in [-0.4, -0.2) is 22.4 Å². The van der Waals surface area contributed by atoms with E-state index in [2.05, 4.69) is 13.1 Å². The lowest BCUT2D eigenvalue weighted by Gasteiger charge is -2.14. The number of ether oxygens (including phenoxy) is 1. The van der Waals surface area contributed by atoms with Gasteiger partial charge in [0.15, 0.2) is 0 Å². The van der Waals surface area contributed by atoms with Crippen molar-refractivity contribution in [3.05, 3.63) is 12.7 Å². The molecule has 0 aromatic carbocycles. The SMILES string of the molecule is C=CC[Si](C)OC(C)OC. The zero-order chi connectivity index (χ0) is 7.98. The zero-order valence-electron chi connectivity index (χ0n) is 6.89. The summed E-state index contributed by atoms with van der Waals surface area (Å²) in [6.45, 7) is 7.64. The summed E-state index contributed by atoms with van der Waals surface area (Å²) >= 11 is 0. The van der Waals surface area contributed by atoms with Gasteiger partial charge >= 0.3 is 0 Å². The van der Waals surface area contributed by atoms with Crippen LogP contribution in [0.25, 0.3) is 0 Å². The third-order valence-electron chi connectivity index (χ3n) is 1.13. The largest absolute Gasteiger partial charge is 0.392 e. The third kappa shape index (κ3) is 4.73. The van der Waals surface area contributed by atoms with Crippen molar-refractivity contribution >= 4 is 9.04 Å². The number of methoxy groups -OCH3 is 1. The molecule has 0 aromatic rings. The molecule has 1 atom stereocenters. The summed E-state index contributed by atoms with van der Waals surface area (Å²) < 4.78 is 10.4. The Morgan fingerprint density at radius 1 is 1.70 bits per heavy atom. The van der Waals surface area contributed by atoms with E-state index in [-0.39, 0.29) is 6.29 Å². The van der Waals surface area contributed by atoms with Crippen molar-refractivity contribution < 1.29 is 9.16 Å². The van der Waals surface area contributed by atoms with Crippen molar-refractivity contribution in [3.63, 3.8) is 0 Å². The molecule has 2 nitrogen and oxygen atoms in total. The molecule has 59 valence electrons. The molecule has 0 N–H and O–H groups in total. The van der Waals surface area contributed by atoms with Crippen LogP contribution in [-0.2, 0) is 9.16 Å². The summed E-state index contributed by atoms with van der Waals surface area (Å²) in [4.78, 5) is 0. The molecule has 0 rings (SSSR count). The van der Waals surface area contributed by atoms with E-state index in [1.165, 1.54) is 0 Å². The van der Waals surface area contributed by atoms with E-state index in [9.17, 15) is 0 Å². The molecule has 0 fully saturated rings. The monoisotopic (exact) mass is 159 g/mol. The molecule has 0 aromatic heterocycles. The maximum absolute atomic E-state index is 5.45. The third-order valence-corrected chi connectivity index (χ3v) is 2.73. The first-order chi connectivity index (χ1) is 4.70. The quantitative estimate of drug-likeness (QED) is 0.346. The van der Waals surface area contributed by atoms with Gasteiger partial charge in [-0.05, 0) is 19.5 Å². The molecule has 0 aliphatic carbocycles. The van der Waals surface area contributed by atoms with Gasteiger partial charge in [-0.2, -0.15) is 0 Å². The van der Waals surface area contributed by atoms with Crippen LogP contribution >= 0.6 is 0 Å². The molecular weight excluding hydrogens is 144 g/mol. The van der Waals surface area contributed by atoms with Crippen molar-refractivity contribution in [2.45, 2.75) is 25.8 Å². The summed E-state index contributed by atoms with van der Waals surface area (Å²) in [5, 5.41) is 0. The molecule has 0 aliphatic rings. The van der Waals surface area contributed by atoms with Crippen molar-refractivity contribution in [1.29, 1.82) is 0 Å². The lowest BCUT2D eigenvalue weighted by atomic mass is 10.8. The van der Waals surface area contributed by atoms with Crippen LogP contribution in [0.3, 0.4) is 0 Å². The van der Waals surface area contributed by atoms with E-state index in [0.29, 0.717) is 0 Å². The normalized spacial score (nSPS) is 13.6. The Balaban J connectivity index is 3.35. The van der Waals surface area contributed by atoms with Crippen LogP contribution < -0.4 is 0 Å². The second-order valence-corrected chi connectivity index (χ2v) is 4.16. The minimum absolute atomic E-state index is 0.0705. The highest BCUT2D eigenvalue weighted by Gasteiger charge is 2.07. The molecule has 0 bridgehead atoms. The lowest BCUT2D eigenvalue weighted by molar-refractivity contribution is -0.0404. The summed E-state index contributed by atoms with van der Waals surface area (Å²) in [7, 11) is 0.952. The molecule has 0 spiro atoms. The molecule has 0 aliphatic heterocycles. The second kappa shape index (κ2) is 5.65. The fraction of sp³-hybridized carbons (Fsp3) is 0.714. The van der Waals surface area contributed by atoms with Crippen LogP contribution in [0.1, 0.15) is 6.92 Å². The number of hydrogen-bond donors (Lipinski definition) is 0. The first-order valence-electron chi connectivity index (χ1n) is 3.33. The van der Waals surface area contributed by atoms with Crippen LogP contribution in [0.15, 0.2) is 12.7 Å². The topological polar surface area (TPSA) is 18.5 Å². The minimum Gasteiger partial charge on any atom is -0.392 e. The average molecular weight is 159 g/mol. The first kappa shape index (κ1) is 9.88. The van der Waals surface area contributed by atoms with Crippen LogP contribution in [0, 0.1) is 0 Å². The van der Waals surface area contributed by atoms with E-state index < -0.39 is 9.04 Å². The van der Waals surface area contributed by atoms with Crippen molar-refractivity contribution in [1.82, 2.24) is 0 Å². The van der Waals surface area contributed by atoms with Gasteiger partial charge in [0.1, 0.15) is 6.29 Å². The molecule has 0 saturated carbocycles. The molecular formula is C7H15O2Si. The number of hydrogen-bond acceptors (Lipinski definition) is 2. The highest BCUT2D eigenvalue weighted by atomic mass is 28.3. The predicted octanol–water partition coefficient (Wildman–Crippen LogP) is 1.80. The van der Waals surface area contributed by atoms with Gasteiger partial charge in [0.25, 0.3) is 0 Å². The second-order valence-electron chi connectivity index (χ2n) is 2.12. The van der Waals surface area contributed by atoms with Gasteiger partial charge in [-0.3, -0.25) is 0 Å².